The van der Waals surface area contributed by atoms with E-state index in [0.717, 1.165) is 33.6 Å². The molecule has 0 aliphatic carbocycles. The third-order valence-corrected chi connectivity index (χ3v) is 4.49. The van der Waals surface area contributed by atoms with Crippen LogP contribution in [0.1, 0.15) is 11.1 Å². The molecule has 0 radical (unpaired) electrons. The second-order valence-electron chi connectivity index (χ2n) is 6.72. The van der Waals surface area contributed by atoms with Crippen molar-refractivity contribution in [3.63, 3.8) is 0 Å². The molecular weight excluding hydrogens is 368 g/mol. The Hall–Kier alpha value is -4.18. The van der Waals surface area contributed by atoms with Crippen molar-refractivity contribution in [2.24, 2.45) is 10.2 Å². The minimum absolute atomic E-state index is 0.962. The molecule has 0 aliphatic heterocycles. The molecule has 0 fully saturated rings. The van der Waals surface area contributed by atoms with E-state index in [9.17, 15) is 0 Å². The largest absolute Gasteiger partial charge is 0.279 e. The molecule has 0 amide bonds. The minimum Gasteiger partial charge on any atom is -0.279 e. The summed E-state index contributed by atoms with van der Waals surface area (Å²) in [7, 11) is 0. The van der Waals surface area contributed by atoms with Crippen molar-refractivity contribution in [1.29, 1.82) is 0 Å². The molecule has 4 aromatic rings. The standard InChI is InChI=1S/C26H22N4/c1-3-10-25(11-4-1)29-27-19-21-14-16-23(17-15-21)24-9-7-8-22(18-24)20-28-30-26-12-5-2-6-13-26/h1-20,29-30H/b27-19+,28-20+. The quantitative estimate of drug-likeness (QED) is 0.290. The molecule has 0 spiro atoms. The molecule has 0 aliphatic rings. The normalized spacial score (nSPS) is 11.1. The lowest BCUT2D eigenvalue weighted by molar-refractivity contribution is 1.35. The zero-order chi connectivity index (χ0) is 20.4. The van der Waals surface area contributed by atoms with E-state index >= 15 is 0 Å². The summed E-state index contributed by atoms with van der Waals surface area (Å²) in [5.74, 6) is 0. The van der Waals surface area contributed by atoms with Crippen LogP contribution in [0.2, 0.25) is 0 Å². The second-order valence-corrected chi connectivity index (χ2v) is 6.72. The molecule has 2 N–H and O–H groups in total. The van der Waals surface area contributed by atoms with E-state index in [1.54, 1.807) is 0 Å². The van der Waals surface area contributed by atoms with Crippen molar-refractivity contribution in [2.75, 3.05) is 10.9 Å². The summed E-state index contributed by atoms with van der Waals surface area (Å²) in [6.07, 6.45) is 3.64. The fraction of sp³-hybridized carbons (Fsp3) is 0. The van der Waals surface area contributed by atoms with Crippen LogP contribution >= 0.6 is 0 Å². The summed E-state index contributed by atoms with van der Waals surface area (Å²) in [6, 6.07) is 36.4. The molecule has 0 unspecified atom stereocenters. The first-order valence-corrected chi connectivity index (χ1v) is 9.76. The molecule has 0 atom stereocenters. The Balaban J connectivity index is 1.39. The Morgan fingerprint density at radius 2 is 1.03 bits per heavy atom. The first-order valence-electron chi connectivity index (χ1n) is 9.76. The van der Waals surface area contributed by atoms with E-state index < -0.39 is 0 Å². The Morgan fingerprint density at radius 3 is 1.63 bits per heavy atom. The number of benzene rings is 4. The number of para-hydroxylation sites is 2. The van der Waals surface area contributed by atoms with Crippen LogP contribution in [0.4, 0.5) is 11.4 Å². The zero-order valence-corrected chi connectivity index (χ0v) is 16.4. The maximum atomic E-state index is 4.32. The van der Waals surface area contributed by atoms with Gasteiger partial charge in [0.1, 0.15) is 0 Å². The molecule has 0 saturated heterocycles. The smallest absolute Gasteiger partial charge is 0.0561 e. The molecule has 0 heterocycles. The third-order valence-electron chi connectivity index (χ3n) is 4.49. The average molecular weight is 390 g/mol. The van der Waals surface area contributed by atoms with E-state index in [-0.39, 0.29) is 0 Å². The molecule has 0 bridgehead atoms. The lowest BCUT2D eigenvalue weighted by Crippen LogP contribution is -1.91. The Morgan fingerprint density at radius 1 is 0.467 bits per heavy atom. The van der Waals surface area contributed by atoms with Crippen molar-refractivity contribution >= 4 is 23.8 Å². The molecule has 4 nitrogen and oxygen atoms in total. The molecule has 0 saturated carbocycles. The van der Waals surface area contributed by atoms with Gasteiger partial charge in [-0.15, -0.1) is 0 Å². The van der Waals surface area contributed by atoms with Gasteiger partial charge in [-0.1, -0.05) is 78.9 Å². The first kappa shape index (κ1) is 19.2. The second kappa shape index (κ2) is 9.85. The number of hydrazone groups is 2. The van der Waals surface area contributed by atoms with Gasteiger partial charge in [0.2, 0.25) is 0 Å². The van der Waals surface area contributed by atoms with Crippen molar-refractivity contribution in [3.8, 4) is 11.1 Å². The maximum Gasteiger partial charge on any atom is 0.0561 e. The van der Waals surface area contributed by atoms with Crippen LogP contribution in [0, 0.1) is 0 Å². The van der Waals surface area contributed by atoms with Gasteiger partial charge in [-0.2, -0.15) is 10.2 Å². The summed E-state index contributed by atoms with van der Waals surface area (Å²) >= 11 is 0. The fourth-order valence-electron chi connectivity index (χ4n) is 2.95. The van der Waals surface area contributed by atoms with Gasteiger partial charge in [0.05, 0.1) is 23.8 Å². The van der Waals surface area contributed by atoms with Crippen LogP contribution in [-0.4, -0.2) is 12.4 Å². The Kier molecular flexibility index (Phi) is 6.28. The monoisotopic (exact) mass is 390 g/mol. The van der Waals surface area contributed by atoms with Crippen molar-refractivity contribution in [3.05, 3.63) is 120 Å². The molecule has 0 aromatic heterocycles. The number of hydrogen-bond acceptors (Lipinski definition) is 4. The van der Waals surface area contributed by atoms with Crippen LogP contribution in [0.5, 0.6) is 0 Å². The summed E-state index contributed by atoms with van der Waals surface area (Å²) in [5, 5.41) is 8.61. The van der Waals surface area contributed by atoms with Crippen molar-refractivity contribution < 1.29 is 0 Å². The van der Waals surface area contributed by atoms with E-state index in [4.69, 9.17) is 0 Å². The molecule has 4 heteroatoms. The van der Waals surface area contributed by atoms with Gasteiger partial charge >= 0.3 is 0 Å². The summed E-state index contributed by atoms with van der Waals surface area (Å²) in [4.78, 5) is 0. The highest BCUT2D eigenvalue weighted by Gasteiger charge is 1.99. The van der Waals surface area contributed by atoms with Gasteiger partial charge in [-0.05, 0) is 52.6 Å². The lowest BCUT2D eigenvalue weighted by Gasteiger charge is -2.04. The number of hydrogen-bond donors (Lipinski definition) is 2. The van der Waals surface area contributed by atoms with E-state index in [2.05, 4.69) is 57.5 Å². The summed E-state index contributed by atoms with van der Waals surface area (Å²) < 4.78 is 0. The highest BCUT2D eigenvalue weighted by Crippen LogP contribution is 2.20. The molecule has 4 rings (SSSR count). The number of nitrogens with one attached hydrogen (secondary N) is 2. The van der Waals surface area contributed by atoms with Crippen LogP contribution in [-0.2, 0) is 0 Å². The molecular formula is C26H22N4. The molecule has 4 aromatic carbocycles. The van der Waals surface area contributed by atoms with E-state index in [1.807, 2.05) is 85.2 Å². The lowest BCUT2D eigenvalue weighted by atomic mass is 10.0. The van der Waals surface area contributed by atoms with Gasteiger partial charge in [-0.3, -0.25) is 10.9 Å². The minimum atomic E-state index is 0.962. The number of nitrogens with zero attached hydrogens (tertiary/aromatic N) is 2. The maximum absolute atomic E-state index is 4.32. The topological polar surface area (TPSA) is 48.8 Å². The van der Waals surface area contributed by atoms with Crippen LogP contribution < -0.4 is 10.9 Å². The third kappa shape index (κ3) is 5.42. The molecule has 30 heavy (non-hydrogen) atoms. The fourth-order valence-corrected chi connectivity index (χ4v) is 2.95. The summed E-state index contributed by atoms with van der Waals surface area (Å²) in [6.45, 7) is 0. The zero-order valence-electron chi connectivity index (χ0n) is 16.4. The number of rotatable bonds is 7. The highest BCUT2D eigenvalue weighted by molar-refractivity contribution is 5.84. The average Bonchev–Trinajstić information content (AvgIpc) is 2.81. The Labute approximate surface area is 176 Å². The Bertz CT molecular complexity index is 1120. The number of anilines is 2. The molecule has 146 valence electrons. The van der Waals surface area contributed by atoms with Crippen LogP contribution in [0.25, 0.3) is 11.1 Å². The SMILES string of the molecule is C(=N\Nc1ccccc1)/c1ccc(-c2cccc(/C=N/Nc3ccccc3)c2)cc1. The van der Waals surface area contributed by atoms with Gasteiger partial charge in [0, 0.05) is 0 Å². The van der Waals surface area contributed by atoms with E-state index in [0.29, 0.717) is 0 Å². The predicted octanol–water partition coefficient (Wildman–Crippen LogP) is 6.25. The predicted molar refractivity (Wildman–Crippen MR) is 127 cm³/mol. The van der Waals surface area contributed by atoms with E-state index in [1.165, 1.54) is 0 Å². The van der Waals surface area contributed by atoms with Gasteiger partial charge in [0.25, 0.3) is 0 Å². The highest BCUT2D eigenvalue weighted by atomic mass is 15.3. The van der Waals surface area contributed by atoms with Crippen molar-refractivity contribution in [2.45, 2.75) is 0 Å². The first-order chi connectivity index (χ1) is 14.9. The van der Waals surface area contributed by atoms with Crippen LogP contribution in [0.15, 0.2) is 119 Å². The van der Waals surface area contributed by atoms with Gasteiger partial charge in [-0.25, -0.2) is 0 Å². The van der Waals surface area contributed by atoms with Crippen molar-refractivity contribution in [1.82, 2.24) is 0 Å². The van der Waals surface area contributed by atoms with Crippen LogP contribution in [0.3, 0.4) is 0 Å². The van der Waals surface area contributed by atoms with Gasteiger partial charge < -0.3 is 0 Å². The summed E-state index contributed by atoms with van der Waals surface area (Å²) in [5.41, 5.74) is 12.4. The van der Waals surface area contributed by atoms with Gasteiger partial charge in [0.15, 0.2) is 0 Å².